The van der Waals surface area contributed by atoms with Crippen molar-refractivity contribution in [1.29, 1.82) is 0 Å². The van der Waals surface area contributed by atoms with E-state index in [9.17, 15) is 0 Å². The molecule has 3 nitrogen and oxygen atoms in total. The molecule has 0 bridgehead atoms. The van der Waals surface area contributed by atoms with Crippen LogP contribution in [0.2, 0.25) is 5.02 Å². The minimum atomic E-state index is 0.00297. The molecule has 1 atom stereocenters. The molecule has 2 aromatic carbocycles. The van der Waals surface area contributed by atoms with Crippen LogP contribution in [0.25, 0.3) is 10.9 Å². The number of nitrogens with zero attached hydrogens (tertiary/aromatic N) is 2. The van der Waals surface area contributed by atoms with Gasteiger partial charge in [0.15, 0.2) is 0 Å². The van der Waals surface area contributed by atoms with Crippen molar-refractivity contribution < 1.29 is 0 Å². The van der Waals surface area contributed by atoms with Gasteiger partial charge in [-0.3, -0.25) is 4.68 Å². The molecule has 0 aliphatic rings. The van der Waals surface area contributed by atoms with Crippen LogP contribution in [0.15, 0.2) is 48.5 Å². The third-order valence-corrected chi connectivity index (χ3v) is 4.10. The lowest BCUT2D eigenvalue weighted by atomic mass is 10.0. The Kier molecular flexibility index (Phi) is 3.95. The Balaban J connectivity index is 1.81. The van der Waals surface area contributed by atoms with Gasteiger partial charge in [-0.2, -0.15) is 5.10 Å². The van der Waals surface area contributed by atoms with Crippen molar-refractivity contribution >= 4 is 22.5 Å². The van der Waals surface area contributed by atoms with E-state index in [1.54, 1.807) is 0 Å². The van der Waals surface area contributed by atoms with Gasteiger partial charge in [-0.15, -0.1) is 0 Å². The summed E-state index contributed by atoms with van der Waals surface area (Å²) in [6.07, 6.45) is 1.50. The second-order valence-electron chi connectivity index (χ2n) is 5.35. The summed E-state index contributed by atoms with van der Waals surface area (Å²) in [4.78, 5) is 0. The fourth-order valence-electron chi connectivity index (χ4n) is 2.71. The standard InChI is InChI=1S/C17H18ClN3/c1-21-17-9-5-3-7-14(17)16(20-21)11-13(19)10-12-6-2-4-8-15(12)18/h2-9,13H,10-11,19H2,1H3. The molecule has 1 unspecified atom stereocenters. The highest BCUT2D eigenvalue weighted by Gasteiger charge is 2.13. The Morgan fingerprint density at radius 2 is 1.81 bits per heavy atom. The van der Waals surface area contributed by atoms with Gasteiger partial charge in [-0.25, -0.2) is 0 Å². The van der Waals surface area contributed by atoms with Gasteiger partial charge in [0.1, 0.15) is 0 Å². The third kappa shape index (κ3) is 2.94. The van der Waals surface area contributed by atoms with E-state index in [0.29, 0.717) is 0 Å². The molecule has 4 heteroatoms. The molecule has 0 amide bonds. The second-order valence-corrected chi connectivity index (χ2v) is 5.75. The van der Waals surface area contributed by atoms with Gasteiger partial charge in [0.25, 0.3) is 0 Å². The van der Waals surface area contributed by atoms with E-state index in [2.05, 4.69) is 17.2 Å². The first-order valence-electron chi connectivity index (χ1n) is 7.05. The molecule has 3 rings (SSSR count). The van der Waals surface area contributed by atoms with E-state index in [0.717, 1.165) is 34.6 Å². The number of halogens is 1. The molecule has 21 heavy (non-hydrogen) atoms. The third-order valence-electron chi connectivity index (χ3n) is 3.73. The van der Waals surface area contributed by atoms with E-state index in [-0.39, 0.29) is 6.04 Å². The van der Waals surface area contributed by atoms with Gasteiger partial charge in [0.2, 0.25) is 0 Å². The summed E-state index contributed by atoms with van der Waals surface area (Å²) in [5.74, 6) is 0. The van der Waals surface area contributed by atoms with Gasteiger partial charge >= 0.3 is 0 Å². The average Bonchev–Trinajstić information content (AvgIpc) is 2.79. The molecule has 0 fully saturated rings. The zero-order valence-electron chi connectivity index (χ0n) is 12.0. The van der Waals surface area contributed by atoms with Crippen LogP contribution in [0.3, 0.4) is 0 Å². The topological polar surface area (TPSA) is 43.8 Å². The zero-order valence-corrected chi connectivity index (χ0v) is 12.7. The maximum atomic E-state index is 6.30. The number of hydrogen-bond acceptors (Lipinski definition) is 2. The first-order chi connectivity index (χ1) is 10.1. The molecular weight excluding hydrogens is 282 g/mol. The largest absolute Gasteiger partial charge is 0.327 e. The van der Waals surface area contributed by atoms with Gasteiger partial charge in [-0.05, 0) is 24.1 Å². The summed E-state index contributed by atoms with van der Waals surface area (Å²) in [7, 11) is 1.96. The van der Waals surface area contributed by atoms with E-state index >= 15 is 0 Å². The van der Waals surface area contributed by atoms with Crippen molar-refractivity contribution in [2.45, 2.75) is 18.9 Å². The normalized spacial score (nSPS) is 12.7. The molecule has 2 N–H and O–H groups in total. The van der Waals surface area contributed by atoms with Crippen molar-refractivity contribution in [2.24, 2.45) is 12.8 Å². The Morgan fingerprint density at radius 3 is 2.62 bits per heavy atom. The first-order valence-corrected chi connectivity index (χ1v) is 7.42. The highest BCUT2D eigenvalue weighted by molar-refractivity contribution is 6.31. The molecule has 3 aromatic rings. The van der Waals surface area contributed by atoms with Crippen LogP contribution in [0, 0.1) is 0 Å². The molecule has 108 valence electrons. The minimum absolute atomic E-state index is 0.00297. The first kappa shape index (κ1) is 14.1. The summed E-state index contributed by atoms with van der Waals surface area (Å²) >= 11 is 6.20. The lowest BCUT2D eigenvalue weighted by Gasteiger charge is -2.11. The molecule has 0 aliphatic carbocycles. The Hall–Kier alpha value is -1.84. The smallest absolute Gasteiger partial charge is 0.0718 e. The molecule has 0 saturated carbocycles. The monoisotopic (exact) mass is 299 g/mol. The SMILES string of the molecule is Cn1nc(CC(N)Cc2ccccc2Cl)c2ccccc21. The predicted molar refractivity (Wildman–Crippen MR) is 87.5 cm³/mol. The van der Waals surface area contributed by atoms with Crippen molar-refractivity contribution in [3.05, 3.63) is 64.8 Å². The highest BCUT2D eigenvalue weighted by atomic mass is 35.5. The van der Waals surface area contributed by atoms with E-state index in [1.807, 2.05) is 48.1 Å². The zero-order chi connectivity index (χ0) is 14.8. The number of hydrogen-bond donors (Lipinski definition) is 1. The number of benzene rings is 2. The van der Waals surface area contributed by atoms with Crippen molar-refractivity contribution in [2.75, 3.05) is 0 Å². The van der Waals surface area contributed by atoms with Crippen molar-refractivity contribution in [3.63, 3.8) is 0 Å². The Labute approximate surface area is 129 Å². The second kappa shape index (κ2) is 5.88. The minimum Gasteiger partial charge on any atom is -0.327 e. The van der Waals surface area contributed by atoms with Crippen molar-refractivity contribution in [3.8, 4) is 0 Å². The molecule has 1 aromatic heterocycles. The number of fused-ring (bicyclic) bond motifs is 1. The van der Waals surface area contributed by atoms with Gasteiger partial charge in [0.05, 0.1) is 11.2 Å². The summed E-state index contributed by atoms with van der Waals surface area (Å²) in [5.41, 5.74) is 9.57. The molecule has 0 saturated heterocycles. The van der Waals surface area contributed by atoms with E-state index in [4.69, 9.17) is 17.3 Å². The van der Waals surface area contributed by atoms with Crippen LogP contribution in [0.4, 0.5) is 0 Å². The van der Waals surface area contributed by atoms with Crippen LogP contribution in [-0.4, -0.2) is 15.8 Å². The van der Waals surface area contributed by atoms with Crippen LogP contribution in [-0.2, 0) is 19.9 Å². The van der Waals surface area contributed by atoms with Crippen LogP contribution >= 0.6 is 11.6 Å². The lowest BCUT2D eigenvalue weighted by Crippen LogP contribution is -2.26. The number of aryl methyl sites for hydroxylation is 1. The van der Waals surface area contributed by atoms with Gasteiger partial charge in [0, 0.05) is 29.9 Å². The maximum absolute atomic E-state index is 6.30. The van der Waals surface area contributed by atoms with Gasteiger partial charge in [-0.1, -0.05) is 48.0 Å². The van der Waals surface area contributed by atoms with Crippen molar-refractivity contribution in [1.82, 2.24) is 9.78 Å². The Bertz CT molecular complexity index is 764. The lowest BCUT2D eigenvalue weighted by molar-refractivity contribution is 0.642. The van der Waals surface area contributed by atoms with E-state index < -0.39 is 0 Å². The predicted octanol–water partition coefficient (Wildman–Crippen LogP) is 3.34. The van der Waals surface area contributed by atoms with E-state index in [1.165, 1.54) is 5.39 Å². The molecule has 0 radical (unpaired) electrons. The summed E-state index contributed by atoms with van der Waals surface area (Å²) in [6, 6.07) is 16.1. The highest BCUT2D eigenvalue weighted by Crippen LogP contribution is 2.21. The summed E-state index contributed by atoms with van der Waals surface area (Å²) < 4.78 is 1.91. The van der Waals surface area contributed by atoms with Gasteiger partial charge < -0.3 is 5.73 Å². The average molecular weight is 300 g/mol. The fourth-order valence-corrected chi connectivity index (χ4v) is 2.92. The maximum Gasteiger partial charge on any atom is 0.0718 e. The number of rotatable bonds is 4. The fraction of sp³-hybridized carbons (Fsp3) is 0.235. The van der Waals surface area contributed by atoms with Crippen LogP contribution < -0.4 is 5.73 Å². The number of para-hydroxylation sites is 1. The molecule has 0 spiro atoms. The van der Waals surface area contributed by atoms with Crippen LogP contribution in [0.5, 0.6) is 0 Å². The molecule has 0 aliphatic heterocycles. The quantitative estimate of drug-likeness (QED) is 0.803. The molecular formula is C17H18ClN3. The number of aromatic nitrogens is 2. The number of nitrogens with two attached hydrogens (primary N) is 1. The summed E-state index contributed by atoms with van der Waals surface area (Å²) in [6.45, 7) is 0. The summed E-state index contributed by atoms with van der Waals surface area (Å²) in [5, 5.41) is 6.55. The molecule has 1 heterocycles. The Morgan fingerprint density at radius 1 is 1.10 bits per heavy atom. The van der Waals surface area contributed by atoms with Crippen LogP contribution in [0.1, 0.15) is 11.3 Å².